The van der Waals surface area contributed by atoms with Gasteiger partial charge in [-0.25, -0.2) is 0 Å². The summed E-state index contributed by atoms with van der Waals surface area (Å²) in [5.41, 5.74) is 6.27. The van der Waals surface area contributed by atoms with Gasteiger partial charge in [0.05, 0.1) is 19.0 Å². The molecule has 0 aliphatic heterocycles. The number of benzene rings is 2. The van der Waals surface area contributed by atoms with Crippen molar-refractivity contribution >= 4 is 15.9 Å². The van der Waals surface area contributed by atoms with Crippen LogP contribution in [0.4, 0.5) is 0 Å². The van der Waals surface area contributed by atoms with Crippen LogP contribution in [-0.4, -0.2) is 14.2 Å². The molecule has 21 heavy (non-hydrogen) atoms. The van der Waals surface area contributed by atoms with Crippen molar-refractivity contribution in [1.29, 1.82) is 0 Å². The first kappa shape index (κ1) is 15.9. The largest absolute Gasteiger partial charge is 0.493 e. The van der Waals surface area contributed by atoms with Gasteiger partial charge in [0.25, 0.3) is 0 Å². The summed E-state index contributed by atoms with van der Waals surface area (Å²) < 4.78 is 10.8. The zero-order valence-electron chi connectivity index (χ0n) is 13.2. The van der Waals surface area contributed by atoms with Gasteiger partial charge in [-0.05, 0) is 60.7 Å². The Kier molecular flexibility index (Phi) is 4.94. The summed E-state index contributed by atoms with van der Waals surface area (Å²) in [6.07, 6.45) is 0. The third-order valence-corrected chi connectivity index (χ3v) is 4.95. The Balaban J connectivity index is 2.53. The van der Waals surface area contributed by atoms with Crippen molar-refractivity contribution in [3.63, 3.8) is 0 Å². The molecule has 0 fully saturated rings. The van der Waals surface area contributed by atoms with Gasteiger partial charge in [-0.15, -0.1) is 0 Å². The Morgan fingerprint density at radius 3 is 2.10 bits per heavy atom. The number of ether oxygens (including phenoxy) is 2. The number of hydrogen-bond donors (Lipinski definition) is 0. The molecule has 0 aliphatic rings. The first-order valence-corrected chi connectivity index (χ1v) is 7.83. The van der Waals surface area contributed by atoms with Crippen LogP contribution in [0.1, 0.15) is 32.6 Å². The van der Waals surface area contributed by atoms with Crippen molar-refractivity contribution in [1.82, 2.24) is 0 Å². The van der Waals surface area contributed by atoms with Crippen molar-refractivity contribution in [3.8, 4) is 11.5 Å². The highest BCUT2D eigenvalue weighted by molar-refractivity contribution is 9.09. The highest BCUT2D eigenvalue weighted by atomic mass is 79.9. The Labute approximate surface area is 135 Å². The van der Waals surface area contributed by atoms with Crippen LogP contribution < -0.4 is 9.47 Å². The van der Waals surface area contributed by atoms with Crippen LogP contribution in [0.25, 0.3) is 0 Å². The van der Waals surface area contributed by atoms with E-state index in [-0.39, 0.29) is 4.83 Å². The number of hydrogen-bond acceptors (Lipinski definition) is 2. The minimum absolute atomic E-state index is 0.136. The number of aryl methyl sites for hydroxylation is 2. The molecule has 1 atom stereocenters. The van der Waals surface area contributed by atoms with Gasteiger partial charge in [-0.1, -0.05) is 34.1 Å². The van der Waals surface area contributed by atoms with E-state index in [0.717, 1.165) is 11.5 Å². The maximum Gasteiger partial charge on any atom is 0.161 e. The summed E-state index contributed by atoms with van der Waals surface area (Å²) in [7, 11) is 3.32. The second kappa shape index (κ2) is 6.52. The summed E-state index contributed by atoms with van der Waals surface area (Å²) >= 11 is 3.84. The molecule has 0 saturated heterocycles. The molecule has 2 nitrogen and oxygen atoms in total. The lowest BCUT2D eigenvalue weighted by molar-refractivity contribution is 0.354. The Morgan fingerprint density at radius 1 is 0.857 bits per heavy atom. The molecule has 0 saturated carbocycles. The Morgan fingerprint density at radius 2 is 1.48 bits per heavy atom. The molecule has 3 heteroatoms. The quantitative estimate of drug-likeness (QED) is 0.714. The van der Waals surface area contributed by atoms with Crippen LogP contribution in [0.15, 0.2) is 30.3 Å². The van der Waals surface area contributed by atoms with E-state index in [4.69, 9.17) is 9.47 Å². The highest BCUT2D eigenvalue weighted by Gasteiger charge is 2.18. The fourth-order valence-electron chi connectivity index (χ4n) is 2.49. The van der Waals surface area contributed by atoms with Crippen LogP contribution >= 0.6 is 15.9 Å². The van der Waals surface area contributed by atoms with Gasteiger partial charge in [0.15, 0.2) is 11.5 Å². The third-order valence-electron chi connectivity index (χ3n) is 3.96. The van der Waals surface area contributed by atoms with Crippen LogP contribution in [0.3, 0.4) is 0 Å². The lowest BCUT2D eigenvalue weighted by Gasteiger charge is -2.19. The molecular formula is C18H21BrO2. The molecule has 0 radical (unpaired) electrons. The Hall–Kier alpha value is -1.48. The predicted molar refractivity (Wildman–Crippen MR) is 91.0 cm³/mol. The van der Waals surface area contributed by atoms with E-state index in [1.807, 2.05) is 6.07 Å². The topological polar surface area (TPSA) is 18.5 Å². The molecule has 1 unspecified atom stereocenters. The average molecular weight is 349 g/mol. The molecule has 112 valence electrons. The SMILES string of the molecule is COc1cc(C)c(C(Br)c2cccc(C)c2C)cc1OC. The number of rotatable bonds is 4. The van der Waals surface area contributed by atoms with Gasteiger partial charge in [0.2, 0.25) is 0 Å². The van der Waals surface area contributed by atoms with Crippen LogP contribution in [0.2, 0.25) is 0 Å². The standard InChI is InChI=1S/C18H21BrO2/c1-11-7-6-8-14(13(11)3)18(19)15-10-17(21-5)16(20-4)9-12(15)2/h6-10,18H,1-5H3. The molecule has 2 aromatic carbocycles. The first-order chi connectivity index (χ1) is 9.99. The fraction of sp³-hybridized carbons (Fsp3) is 0.333. The van der Waals surface area contributed by atoms with Crippen LogP contribution in [-0.2, 0) is 0 Å². The number of methoxy groups -OCH3 is 2. The predicted octanol–water partition coefficient (Wildman–Crippen LogP) is 5.11. The normalized spacial score (nSPS) is 12.1. The summed E-state index contributed by atoms with van der Waals surface area (Å²) in [5, 5.41) is 0. The molecule has 0 spiro atoms. The lowest BCUT2D eigenvalue weighted by atomic mass is 9.94. The molecule has 2 rings (SSSR count). The van der Waals surface area contributed by atoms with Gasteiger partial charge < -0.3 is 9.47 Å². The maximum atomic E-state index is 5.43. The molecule has 0 aliphatic carbocycles. The van der Waals surface area contributed by atoms with Gasteiger partial charge >= 0.3 is 0 Å². The molecular weight excluding hydrogens is 328 g/mol. The van der Waals surface area contributed by atoms with E-state index in [2.05, 4.69) is 61.0 Å². The minimum Gasteiger partial charge on any atom is -0.493 e. The highest BCUT2D eigenvalue weighted by Crippen LogP contribution is 2.40. The van der Waals surface area contributed by atoms with E-state index < -0.39 is 0 Å². The summed E-state index contributed by atoms with van der Waals surface area (Å²) in [4.78, 5) is 0.136. The zero-order valence-corrected chi connectivity index (χ0v) is 14.7. The van der Waals surface area contributed by atoms with E-state index in [1.165, 1.54) is 27.8 Å². The lowest BCUT2D eigenvalue weighted by Crippen LogP contribution is -2.01. The minimum atomic E-state index is 0.136. The van der Waals surface area contributed by atoms with Crippen LogP contribution in [0, 0.1) is 20.8 Å². The van der Waals surface area contributed by atoms with Crippen molar-refractivity contribution in [2.24, 2.45) is 0 Å². The molecule has 0 N–H and O–H groups in total. The second-order valence-corrected chi connectivity index (χ2v) is 6.13. The first-order valence-electron chi connectivity index (χ1n) is 6.92. The van der Waals surface area contributed by atoms with Crippen molar-refractivity contribution < 1.29 is 9.47 Å². The van der Waals surface area contributed by atoms with Gasteiger partial charge in [-0.2, -0.15) is 0 Å². The number of alkyl halides is 1. The van der Waals surface area contributed by atoms with Gasteiger partial charge in [0, 0.05) is 0 Å². The van der Waals surface area contributed by atoms with Crippen molar-refractivity contribution in [3.05, 3.63) is 58.1 Å². The summed E-state index contributed by atoms with van der Waals surface area (Å²) in [5.74, 6) is 1.52. The number of halogens is 1. The molecule has 0 aromatic heterocycles. The molecule has 0 bridgehead atoms. The van der Waals surface area contributed by atoms with Gasteiger partial charge in [-0.3, -0.25) is 0 Å². The van der Waals surface area contributed by atoms with E-state index in [0.29, 0.717) is 0 Å². The molecule has 0 heterocycles. The van der Waals surface area contributed by atoms with Crippen molar-refractivity contribution in [2.75, 3.05) is 14.2 Å². The monoisotopic (exact) mass is 348 g/mol. The van der Waals surface area contributed by atoms with E-state index in [1.54, 1.807) is 14.2 Å². The summed E-state index contributed by atoms with van der Waals surface area (Å²) in [6.45, 7) is 6.39. The van der Waals surface area contributed by atoms with E-state index >= 15 is 0 Å². The molecule has 2 aromatic rings. The van der Waals surface area contributed by atoms with Crippen LogP contribution in [0.5, 0.6) is 11.5 Å². The van der Waals surface area contributed by atoms with Gasteiger partial charge in [0.1, 0.15) is 0 Å². The molecule has 0 amide bonds. The maximum absolute atomic E-state index is 5.43. The fourth-order valence-corrected chi connectivity index (χ4v) is 3.47. The average Bonchev–Trinajstić information content (AvgIpc) is 2.49. The zero-order chi connectivity index (χ0) is 15.6. The van der Waals surface area contributed by atoms with E-state index in [9.17, 15) is 0 Å². The third kappa shape index (κ3) is 3.08. The Bertz CT molecular complexity index is 650. The summed E-state index contributed by atoms with van der Waals surface area (Å²) in [6, 6.07) is 10.5. The second-order valence-electron chi connectivity index (χ2n) is 5.22. The smallest absolute Gasteiger partial charge is 0.161 e. The van der Waals surface area contributed by atoms with Crippen molar-refractivity contribution in [2.45, 2.75) is 25.6 Å².